The van der Waals surface area contributed by atoms with Crippen LogP contribution in [0.4, 0.5) is 11.5 Å². The van der Waals surface area contributed by atoms with E-state index < -0.39 is 0 Å². The number of benzene rings is 1. The van der Waals surface area contributed by atoms with Crippen molar-refractivity contribution in [1.29, 1.82) is 0 Å². The molecule has 0 spiro atoms. The minimum atomic E-state index is -0.0286. The molecule has 0 aliphatic carbocycles. The van der Waals surface area contributed by atoms with Gasteiger partial charge in [0.15, 0.2) is 0 Å². The van der Waals surface area contributed by atoms with E-state index in [1.54, 1.807) is 0 Å². The average molecular weight is 242 g/mol. The van der Waals surface area contributed by atoms with Gasteiger partial charge in [-0.2, -0.15) is 0 Å². The second-order valence-electron chi connectivity index (χ2n) is 4.23. The smallest absolute Gasteiger partial charge is 0.133 e. The molecule has 0 bridgehead atoms. The molecule has 1 aromatic heterocycles. The molecule has 1 N–H and O–H groups in total. The van der Waals surface area contributed by atoms with Gasteiger partial charge in [-0.1, -0.05) is 18.2 Å². The third kappa shape index (κ3) is 2.68. The predicted octanol–water partition coefficient (Wildman–Crippen LogP) is 3.04. The maximum absolute atomic E-state index is 9.15. The third-order valence-electron chi connectivity index (χ3n) is 2.86. The van der Waals surface area contributed by atoms with Crippen LogP contribution in [-0.2, 0) is 6.61 Å². The van der Waals surface area contributed by atoms with Crippen molar-refractivity contribution in [2.24, 2.45) is 0 Å². The summed E-state index contributed by atoms with van der Waals surface area (Å²) in [6.45, 7) is 4.98. The molecule has 94 valence electrons. The summed E-state index contributed by atoms with van der Waals surface area (Å²) in [6, 6.07) is 14.0. The molecule has 18 heavy (non-hydrogen) atoms. The molecule has 0 amide bonds. The number of hydrogen-bond donors (Lipinski definition) is 1. The first-order valence-electron chi connectivity index (χ1n) is 6.15. The fourth-order valence-electron chi connectivity index (χ4n) is 1.98. The molecule has 0 unspecified atom stereocenters. The molecule has 0 fully saturated rings. The second-order valence-corrected chi connectivity index (χ2v) is 4.23. The van der Waals surface area contributed by atoms with E-state index in [9.17, 15) is 0 Å². The largest absolute Gasteiger partial charge is 0.390 e. The predicted molar refractivity (Wildman–Crippen MR) is 74.0 cm³/mol. The maximum atomic E-state index is 9.15. The molecule has 2 rings (SSSR count). The molecule has 1 heterocycles. The highest BCUT2D eigenvalue weighted by Gasteiger charge is 2.08. The van der Waals surface area contributed by atoms with E-state index in [-0.39, 0.29) is 6.61 Å². The highest BCUT2D eigenvalue weighted by Crippen LogP contribution is 2.24. The normalized spacial score (nSPS) is 10.4. The van der Waals surface area contributed by atoms with E-state index in [1.165, 1.54) is 5.56 Å². The van der Waals surface area contributed by atoms with Crippen LogP contribution in [0.5, 0.6) is 0 Å². The van der Waals surface area contributed by atoms with Gasteiger partial charge < -0.3 is 10.0 Å². The van der Waals surface area contributed by atoms with Gasteiger partial charge in [0.2, 0.25) is 0 Å². The van der Waals surface area contributed by atoms with Crippen LogP contribution in [0, 0.1) is 6.92 Å². The van der Waals surface area contributed by atoms with Crippen LogP contribution in [-0.4, -0.2) is 16.6 Å². The molecule has 0 aliphatic rings. The Hall–Kier alpha value is -1.87. The second kappa shape index (κ2) is 5.65. The molecule has 0 aliphatic heterocycles. The first kappa shape index (κ1) is 12.6. The van der Waals surface area contributed by atoms with E-state index in [4.69, 9.17) is 5.11 Å². The fraction of sp³-hybridized carbons (Fsp3) is 0.267. The molecule has 0 saturated heterocycles. The van der Waals surface area contributed by atoms with Crippen LogP contribution >= 0.6 is 0 Å². The van der Waals surface area contributed by atoms with Gasteiger partial charge in [0, 0.05) is 12.2 Å². The number of nitrogens with zero attached hydrogens (tertiary/aromatic N) is 2. The summed E-state index contributed by atoms with van der Waals surface area (Å²) >= 11 is 0. The van der Waals surface area contributed by atoms with Crippen LogP contribution in [0.1, 0.15) is 18.2 Å². The van der Waals surface area contributed by atoms with E-state index in [2.05, 4.69) is 41.9 Å². The fourth-order valence-corrected chi connectivity index (χ4v) is 1.98. The van der Waals surface area contributed by atoms with E-state index in [1.807, 2.05) is 24.3 Å². The zero-order valence-electron chi connectivity index (χ0n) is 10.8. The van der Waals surface area contributed by atoms with E-state index in [0.717, 1.165) is 18.1 Å². The van der Waals surface area contributed by atoms with Gasteiger partial charge in [0.25, 0.3) is 0 Å². The first-order chi connectivity index (χ1) is 8.74. The Bertz CT molecular complexity index is 525. The lowest BCUT2D eigenvalue weighted by molar-refractivity contribution is 0.277. The molecule has 1 aromatic carbocycles. The molecule has 0 radical (unpaired) electrons. The number of hydrogen-bond acceptors (Lipinski definition) is 3. The zero-order chi connectivity index (χ0) is 13.0. The number of aryl methyl sites for hydroxylation is 1. The van der Waals surface area contributed by atoms with Crippen molar-refractivity contribution in [3.05, 3.63) is 53.7 Å². The monoisotopic (exact) mass is 242 g/mol. The van der Waals surface area contributed by atoms with Crippen molar-refractivity contribution in [3.63, 3.8) is 0 Å². The highest BCUT2D eigenvalue weighted by atomic mass is 16.3. The quantitative estimate of drug-likeness (QED) is 0.895. The van der Waals surface area contributed by atoms with E-state index in [0.29, 0.717) is 5.69 Å². The summed E-state index contributed by atoms with van der Waals surface area (Å²) in [5, 5.41) is 9.15. The highest BCUT2D eigenvalue weighted by molar-refractivity contribution is 5.60. The first-order valence-corrected chi connectivity index (χ1v) is 6.15. The van der Waals surface area contributed by atoms with Crippen molar-refractivity contribution in [1.82, 2.24) is 4.98 Å². The lowest BCUT2D eigenvalue weighted by Gasteiger charge is -2.22. The van der Waals surface area contributed by atoms with Gasteiger partial charge in [-0.05, 0) is 43.7 Å². The van der Waals surface area contributed by atoms with Crippen LogP contribution in [0.2, 0.25) is 0 Å². The van der Waals surface area contributed by atoms with Crippen LogP contribution in [0.3, 0.4) is 0 Å². The summed E-state index contributed by atoms with van der Waals surface area (Å²) in [5.74, 6) is 0.870. The molecule has 3 heteroatoms. The number of aliphatic hydroxyl groups is 1. The third-order valence-corrected chi connectivity index (χ3v) is 2.86. The van der Waals surface area contributed by atoms with Gasteiger partial charge in [0.05, 0.1) is 12.3 Å². The lowest BCUT2D eigenvalue weighted by Crippen LogP contribution is -2.17. The molecule has 3 nitrogen and oxygen atoms in total. The summed E-state index contributed by atoms with van der Waals surface area (Å²) < 4.78 is 0. The number of aromatic nitrogens is 1. The lowest BCUT2D eigenvalue weighted by atomic mass is 10.2. The minimum absolute atomic E-state index is 0.0286. The molecule has 0 saturated carbocycles. The zero-order valence-corrected chi connectivity index (χ0v) is 10.8. The molecule has 0 atom stereocenters. The van der Waals surface area contributed by atoms with Crippen LogP contribution in [0.25, 0.3) is 0 Å². The van der Waals surface area contributed by atoms with E-state index >= 15 is 0 Å². The standard InChI is InChI=1S/C15H18N2O/c1-3-17(14-8-4-6-12(2)10-14)15-9-5-7-13(11-18)16-15/h4-10,18H,3,11H2,1-2H3. The van der Waals surface area contributed by atoms with Crippen molar-refractivity contribution >= 4 is 11.5 Å². The molecular formula is C15H18N2O. The molecule has 2 aromatic rings. The Morgan fingerprint density at radius 2 is 1.94 bits per heavy atom. The Kier molecular flexibility index (Phi) is 3.95. The van der Waals surface area contributed by atoms with Crippen LogP contribution < -0.4 is 4.90 Å². The minimum Gasteiger partial charge on any atom is -0.390 e. The number of pyridine rings is 1. The van der Waals surface area contributed by atoms with Gasteiger partial charge in [-0.3, -0.25) is 0 Å². The van der Waals surface area contributed by atoms with Crippen molar-refractivity contribution in [3.8, 4) is 0 Å². The summed E-state index contributed by atoms with van der Waals surface area (Å²) in [7, 11) is 0. The van der Waals surface area contributed by atoms with Gasteiger partial charge in [-0.25, -0.2) is 4.98 Å². The van der Waals surface area contributed by atoms with Gasteiger partial charge >= 0.3 is 0 Å². The maximum Gasteiger partial charge on any atom is 0.133 e. The Balaban J connectivity index is 2.38. The average Bonchev–Trinajstić information content (AvgIpc) is 2.40. The Morgan fingerprint density at radius 1 is 1.17 bits per heavy atom. The summed E-state index contributed by atoms with van der Waals surface area (Å²) in [5.41, 5.74) is 3.04. The Morgan fingerprint density at radius 3 is 2.61 bits per heavy atom. The Labute approximate surface area is 108 Å². The van der Waals surface area contributed by atoms with Crippen molar-refractivity contribution in [2.45, 2.75) is 20.5 Å². The summed E-state index contributed by atoms with van der Waals surface area (Å²) in [4.78, 5) is 6.58. The number of rotatable bonds is 4. The van der Waals surface area contributed by atoms with Crippen LogP contribution in [0.15, 0.2) is 42.5 Å². The summed E-state index contributed by atoms with van der Waals surface area (Å²) in [6.07, 6.45) is 0. The molecular weight excluding hydrogens is 224 g/mol. The van der Waals surface area contributed by atoms with Crippen molar-refractivity contribution in [2.75, 3.05) is 11.4 Å². The topological polar surface area (TPSA) is 36.4 Å². The SMILES string of the molecule is CCN(c1cccc(C)c1)c1cccc(CO)n1. The van der Waals surface area contributed by atoms with Gasteiger partial charge in [-0.15, -0.1) is 0 Å². The number of aliphatic hydroxyl groups excluding tert-OH is 1. The number of anilines is 2. The van der Waals surface area contributed by atoms with Gasteiger partial charge in [0.1, 0.15) is 5.82 Å². The van der Waals surface area contributed by atoms with Crippen molar-refractivity contribution < 1.29 is 5.11 Å².